The Hall–Kier alpha value is -1.73. The molecule has 0 spiro atoms. The van der Waals surface area contributed by atoms with Crippen molar-refractivity contribution in [2.75, 3.05) is 0 Å². The van der Waals surface area contributed by atoms with Gasteiger partial charge in [0.25, 0.3) is 6.43 Å². The molecule has 1 unspecified atom stereocenters. The number of halogens is 2. The van der Waals surface area contributed by atoms with Crippen LogP contribution in [0.2, 0.25) is 0 Å². The summed E-state index contributed by atoms with van der Waals surface area (Å²) in [6.45, 7) is 1.00. The van der Waals surface area contributed by atoms with Crippen molar-refractivity contribution >= 4 is 6.09 Å². The maximum atomic E-state index is 12.6. The van der Waals surface area contributed by atoms with E-state index < -0.39 is 18.1 Å². The molecule has 0 saturated heterocycles. The summed E-state index contributed by atoms with van der Waals surface area (Å²) in [6, 6.07) is 0. The molecule has 0 saturated carbocycles. The molecule has 8 heteroatoms. The quantitative estimate of drug-likeness (QED) is 0.747. The number of hydrogen-bond acceptors (Lipinski definition) is 4. The standard InChI is InChI=1S/C6H8F2N4O2/c1-6(4(7)8,14-5(9)13)3-2-10-12-11-3/h2,4H,1H3,(H2,9,13)(H,10,11,12). The van der Waals surface area contributed by atoms with Gasteiger partial charge in [-0.3, -0.25) is 5.10 Å². The number of ether oxygens (including phenoxy) is 1. The Morgan fingerprint density at radius 2 is 2.43 bits per heavy atom. The number of carbonyl (C=O) groups excluding carboxylic acids is 1. The Morgan fingerprint density at radius 1 is 1.79 bits per heavy atom. The smallest absolute Gasteiger partial charge is 0.405 e. The lowest BCUT2D eigenvalue weighted by molar-refractivity contribution is -0.0946. The largest absolute Gasteiger partial charge is 0.431 e. The van der Waals surface area contributed by atoms with Crippen LogP contribution < -0.4 is 5.73 Å². The SMILES string of the molecule is CC(OC(N)=O)(c1c[nH]nn1)C(F)F. The Kier molecular flexibility index (Phi) is 2.63. The van der Waals surface area contributed by atoms with Crippen LogP contribution in [-0.4, -0.2) is 27.9 Å². The average molecular weight is 206 g/mol. The number of hydrogen-bond donors (Lipinski definition) is 2. The summed E-state index contributed by atoms with van der Waals surface area (Å²) in [6.07, 6.45) is -3.13. The number of rotatable bonds is 3. The second-order valence-electron chi connectivity index (χ2n) is 2.69. The van der Waals surface area contributed by atoms with Gasteiger partial charge in [0.05, 0.1) is 0 Å². The highest BCUT2D eigenvalue weighted by Crippen LogP contribution is 2.29. The van der Waals surface area contributed by atoms with Gasteiger partial charge >= 0.3 is 6.09 Å². The first-order valence-electron chi connectivity index (χ1n) is 3.60. The molecule has 0 aliphatic rings. The van der Waals surface area contributed by atoms with Gasteiger partial charge in [-0.2, -0.15) is 0 Å². The molecular formula is C6H8F2N4O2. The van der Waals surface area contributed by atoms with E-state index in [1.807, 2.05) is 0 Å². The molecule has 1 heterocycles. The molecule has 78 valence electrons. The van der Waals surface area contributed by atoms with E-state index in [1.54, 1.807) is 0 Å². The maximum Gasteiger partial charge on any atom is 0.405 e. The van der Waals surface area contributed by atoms with Gasteiger partial charge in [-0.15, -0.1) is 5.10 Å². The number of aromatic amines is 1. The van der Waals surface area contributed by atoms with Crippen LogP contribution in [0.4, 0.5) is 13.6 Å². The van der Waals surface area contributed by atoms with Gasteiger partial charge < -0.3 is 10.5 Å². The summed E-state index contributed by atoms with van der Waals surface area (Å²) in [4.78, 5) is 10.4. The van der Waals surface area contributed by atoms with Crippen LogP contribution in [0.5, 0.6) is 0 Å². The van der Waals surface area contributed by atoms with E-state index in [9.17, 15) is 13.6 Å². The van der Waals surface area contributed by atoms with E-state index in [2.05, 4.69) is 25.9 Å². The summed E-state index contributed by atoms with van der Waals surface area (Å²) in [5.41, 5.74) is 2.31. The molecule has 14 heavy (non-hydrogen) atoms. The molecular weight excluding hydrogens is 198 g/mol. The zero-order valence-electron chi connectivity index (χ0n) is 7.20. The molecule has 1 aromatic rings. The molecule has 1 amide bonds. The Morgan fingerprint density at radius 3 is 2.79 bits per heavy atom. The van der Waals surface area contributed by atoms with E-state index in [-0.39, 0.29) is 5.69 Å². The first-order valence-corrected chi connectivity index (χ1v) is 3.60. The van der Waals surface area contributed by atoms with Crippen LogP contribution in [0.1, 0.15) is 12.6 Å². The predicted molar refractivity (Wildman–Crippen MR) is 40.4 cm³/mol. The molecule has 0 aromatic carbocycles. The number of amides is 1. The summed E-state index contributed by atoms with van der Waals surface area (Å²) < 4.78 is 29.5. The topological polar surface area (TPSA) is 93.9 Å². The number of aromatic nitrogens is 3. The van der Waals surface area contributed by atoms with E-state index in [1.165, 1.54) is 0 Å². The van der Waals surface area contributed by atoms with Gasteiger partial charge in [-0.25, -0.2) is 13.6 Å². The van der Waals surface area contributed by atoms with Crippen LogP contribution in [0.25, 0.3) is 0 Å². The molecule has 0 aliphatic heterocycles. The van der Waals surface area contributed by atoms with Gasteiger partial charge in [-0.05, 0) is 6.92 Å². The Bertz CT molecular complexity index is 316. The number of nitrogens with one attached hydrogen (secondary N) is 1. The highest BCUT2D eigenvalue weighted by molar-refractivity contribution is 5.65. The summed E-state index contributed by atoms with van der Waals surface area (Å²) in [7, 11) is 0. The van der Waals surface area contributed by atoms with Gasteiger partial charge in [0.1, 0.15) is 5.69 Å². The monoisotopic (exact) mass is 206 g/mol. The van der Waals surface area contributed by atoms with Gasteiger partial charge in [-0.1, -0.05) is 5.21 Å². The van der Waals surface area contributed by atoms with E-state index in [4.69, 9.17) is 0 Å². The van der Waals surface area contributed by atoms with Gasteiger partial charge in [0.2, 0.25) is 5.60 Å². The molecule has 0 fully saturated rings. The van der Waals surface area contributed by atoms with Crippen molar-refractivity contribution < 1.29 is 18.3 Å². The lowest BCUT2D eigenvalue weighted by atomic mass is 10.0. The Balaban J connectivity index is 2.99. The van der Waals surface area contributed by atoms with Crippen molar-refractivity contribution in [1.82, 2.24) is 15.4 Å². The van der Waals surface area contributed by atoms with E-state index in [0.29, 0.717) is 0 Å². The first kappa shape index (κ1) is 10.4. The summed E-state index contributed by atoms with van der Waals surface area (Å²) >= 11 is 0. The number of H-pyrrole nitrogens is 1. The maximum absolute atomic E-state index is 12.6. The van der Waals surface area contributed by atoms with Crippen molar-refractivity contribution in [1.29, 1.82) is 0 Å². The van der Waals surface area contributed by atoms with Crippen molar-refractivity contribution in [3.05, 3.63) is 11.9 Å². The number of nitrogens with zero attached hydrogens (tertiary/aromatic N) is 2. The van der Waals surface area contributed by atoms with E-state index in [0.717, 1.165) is 13.1 Å². The fourth-order valence-corrected chi connectivity index (χ4v) is 0.862. The molecule has 0 aliphatic carbocycles. The summed E-state index contributed by atoms with van der Waals surface area (Å²) in [5, 5.41) is 8.82. The minimum atomic E-state index is -2.94. The zero-order valence-corrected chi connectivity index (χ0v) is 7.20. The molecule has 1 rings (SSSR count). The minimum Gasteiger partial charge on any atom is -0.431 e. The van der Waals surface area contributed by atoms with Crippen molar-refractivity contribution in [2.45, 2.75) is 19.0 Å². The summed E-state index contributed by atoms with van der Waals surface area (Å²) in [5.74, 6) is 0. The van der Waals surface area contributed by atoms with Crippen LogP contribution in [0.3, 0.4) is 0 Å². The zero-order chi connectivity index (χ0) is 10.8. The normalized spacial score (nSPS) is 15.1. The molecule has 1 atom stereocenters. The van der Waals surface area contributed by atoms with Crippen LogP contribution in [0.15, 0.2) is 6.20 Å². The van der Waals surface area contributed by atoms with Crippen molar-refractivity contribution in [3.63, 3.8) is 0 Å². The molecule has 0 bridgehead atoms. The molecule has 3 N–H and O–H groups in total. The van der Waals surface area contributed by atoms with E-state index >= 15 is 0 Å². The highest BCUT2D eigenvalue weighted by atomic mass is 19.3. The third-order valence-corrected chi connectivity index (χ3v) is 1.65. The van der Waals surface area contributed by atoms with Crippen LogP contribution >= 0.6 is 0 Å². The number of primary amides is 1. The second kappa shape index (κ2) is 3.56. The van der Waals surface area contributed by atoms with Crippen LogP contribution in [-0.2, 0) is 10.3 Å². The highest BCUT2D eigenvalue weighted by Gasteiger charge is 2.43. The fourth-order valence-electron chi connectivity index (χ4n) is 0.862. The number of nitrogens with two attached hydrogens (primary N) is 1. The number of alkyl halides is 2. The van der Waals surface area contributed by atoms with Gasteiger partial charge in [0, 0.05) is 6.20 Å². The van der Waals surface area contributed by atoms with Crippen molar-refractivity contribution in [3.8, 4) is 0 Å². The fraction of sp³-hybridized carbons (Fsp3) is 0.500. The first-order chi connectivity index (χ1) is 6.47. The second-order valence-corrected chi connectivity index (χ2v) is 2.69. The van der Waals surface area contributed by atoms with Crippen LogP contribution in [0, 0.1) is 0 Å². The Labute approximate surface area is 77.4 Å². The average Bonchev–Trinajstić information content (AvgIpc) is 2.53. The lowest BCUT2D eigenvalue weighted by Gasteiger charge is -2.24. The molecule has 6 nitrogen and oxygen atoms in total. The van der Waals surface area contributed by atoms with Crippen molar-refractivity contribution in [2.24, 2.45) is 5.73 Å². The third-order valence-electron chi connectivity index (χ3n) is 1.65. The van der Waals surface area contributed by atoms with Gasteiger partial charge in [0.15, 0.2) is 0 Å². The minimum absolute atomic E-state index is 0.189. The molecule has 0 radical (unpaired) electrons. The predicted octanol–water partition coefficient (Wildman–Crippen LogP) is 0.380. The number of carbonyl (C=O) groups is 1. The molecule has 1 aromatic heterocycles. The third kappa shape index (κ3) is 1.78. The lowest BCUT2D eigenvalue weighted by Crippen LogP contribution is -2.38.